The molecule has 1 heterocycles. The molecule has 0 spiro atoms. The van der Waals surface area contributed by atoms with E-state index in [0.29, 0.717) is 0 Å². The van der Waals surface area contributed by atoms with Crippen LogP contribution < -0.4 is 5.32 Å². The summed E-state index contributed by atoms with van der Waals surface area (Å²) in [5.74, 6) is -0.323. The van der Waals surface area contributed by atoms with Crippen molar-refractivity contribution in [3.8, 4) is 0 Å². The molecule has 1 aromatic rings. The van der Waals surface area contributed by atoms with Crippen LogP contribution in [0, 0.1) is 0 Å². The Morgan fingerprint density at radius 3 is 2.52 bits per heavy atom. The van der Waals surface area contributed by atoms with E-state index in [0.717, 1.165) is 4.90 Å². The molecule has 1 aliphatic rings. The molecule has 1 amide bonds. The van der Waals surface area contributed by atoms with Gasteiger partial charge in [-0.05, 0) is 12.1 Å². The Morgan fingerprint density at radius 1 is 1.29 bits per heavy atom. The summed E-state index contributed by atoms with van der Waals surface area (Å²) in [6.45, 7) is 0.929. The molecule has 1 aromatic carbocycles. The number of carbonyl (C=O) groups is 1. The number of rotatable bonds is 4. The fourth-order valence-electron chi connectivity index (χ4n) is 2.20. The third kappa shape index (κ3) is 3.96. The van der Waals surface area contributed by atoms with Gasteiger partial charge in [0, 0.05) is 11.8 Å². The molecule has 7 heteroatoms. The number of benzene rings is 1. The molecule has 0 radical (unpaired) electrons. The highest BCUT2D eigenvalue weighted by Gasteiger charge is 2.44. The molecule has 5 atom stereocenters. The van der Waals surface area contributed by atoms with Gasteiger partial charge in [0.15, 0.2) is 0 Å². The minimum absolute atomic E-state index is 0.323. The van der Waals surface area contributed by atoms with E-state index in [1.807, 2.05) is 30.3 Å². The Balaban J connectivity index is 2.18. The number of aliphatic hydroxyl groups is 3. The summed E-state index contributed by atoms with van der Waals surface area (Å²) >= 11 is 1.32. The molecule has 1 aliphatic heterocycles. The van der Waals surface area contributed by atoms with E-state index in [4.69, 9.17) is 4.74 Å². The summed E-state index contributed by atoms with van der Waals surface area (Å²) < 4.78 is 5.62. The highest BCUT2D eigenvalue weighted by molar-refractivity contribution is 7.99. The van der Waals surface area contributed by atoms with Crippen LogP contribution in [0.1, 0.15) is 6.92 Å². The third-order valence-electron chi connectivity index (χ3n) is 3.25. The highest BCUT2D eigenvalue weighted by atomic mass is 32.2. The first-order valence-electron chi connectivity index (χ1n) is 6.64. The first-order valence-corrected chi connectivity index (χ1v) is 7.52. The van der Waals surface area contributed by atoms with Gasteiger partial charge < -0.3 is 25.4 Å². The van der Waals surface area contributed by atoms with Crippen molar-refractivity contribution in [2.75, 3.05) is 6.61 Å². The minimum atomic E-state index is -1.25. The zero-order chi connectivity index (χ0) is 15.4. The molecule has 4 N–H and O–H groups in total. The van der Waals surface area contributed by atoms with E-state index >= 15 is 0 Å². The maximum Gasteiger partial charge on any atom is 0.217 e. The second-order valence-electron chi connectivity index (χ2n) is 4.86. The molecule has 0 unspecified atom stereocenters. The summed E-state index contributed by atoms with van der Waals surface area (Å²) in [7, 11) is 0. The van der Waals surface area contributed by atoms with E-state index in [1.54, 1.807) is 0 Å². The average Bonchev–Trinajstić information content (AvgIpc) is 2.47. The zero-order valence-corrected chi connectivity index (χ0v) is 12.4. The number of hydrogen-bond donors (Lipinski definition) is 4. The van der Waals surface area contributed by atoms with Crippen LogP contribution in [-0.2, 0) is 9.53 Å². The molecule has 2 rings (SSSR count). The second kappa shape index (κ2) is 7.24. The number of thioether (sulfide) groups is 1. The Morgan fingerprint density at radius 2 is 1.95 bits per heavy atom. The van der Waals surface area contributed by atoms with Crippen molar-refractivity contribution in [2.45, 2.75) is 41.6 Å². The van der Waals surface area contributed by atoms with Gasteiger partial charge in [-0.3, -0.25) is 4.79 Å². The lowest BCUT2D eigenvalue weighted by atomic mass is 9.98. The fourth-order valence-corrected chi connectivity index (χ4v) is 3.36. The minimum Gasteiger partial charge on any atom is -0.394 e. The average molecular weight is 313 g/mol. The Hall–Kier alpha value is -1.12. The van der Waals surface area contributed by atoms with Crippen molar-refractivity contribution >= 4 is 17.7 Å². The maximum absolute atomic E-state index is 11.3. The predicted octanol–water partition coefficient (Wildman–Crippen LogP) is -0.278. The molecular weight excluding hydrogens is 294 g/mol. The van der Waals surface area contributed by atoms with Crippen molar-refractivity contribution < 1.29 is 24.9 Å². The van der Waals surface area contributed by atoms with Crippen LogP contribution in [0.5, 0.6) is 0 Å². The van der Waals surface area contributed by atoms with Crippen LogP contribution in [0.4, 0.5) is 0 Å². The van der Waals surface area contributed by atoms with Gasteiger partial charge in [0.25, 0.3) is 0 Å². The van der Waals surface area contributed by atoms with Gasteiger partial charge in [0.1, 0.15) is 23.7 Å². The molecule has 0 aliphatic carbocycles. The fraction of sp³-hybridized carbons (Fsp3) is 0.500. The first-order chi connectivity index (χ1) is 10.0. The Labute approximate surface area is 127 Å². The number of carbonyl (C=O) groups excluding carboxylic acids is 1. The second-order valence-corrected chi connectivity index (χ2v) is 6.04. The normalized spacial score (nSPS) is 32.7. The number of hydrogen-bond acceptors (Lipinski definition) is 6. The largest absolute Gasteiger partial charge is 0.394 e. The SMILES string of the molecule is CC(=O)N[C@@H]1[C@@H](O)[C@H](O)[C@@H](CO)O[C@@H]1Sc1ccccc1. The van der Waals surface area contributed by atoms with Crippen molar-refractivity contribution in [2.24, 2.45) is 0 Å². The highest BCUT2D eigenvalue weighted by Crippen LogP contribution is 2.33. The number of amides is 1. The van der Waals surface area contributed by atoms with Crippen LogP contribution in [-0.4, -0.2) is 57.6 Å². The van der Waals surface area contributed by atoms with Crippen LogP contribution in [0.15, 0.2) is 35.2 Å². The third-order valence-corrected chi connectivity index (χ3v) is 4.43. The Bertz CT molecular complexity index is 472. The summed E-state index contributed by atoms with van der Waals surface area (Å²) in [5, 5.41) is 31.9. The summed E-state index contributed by atoms with van der Waals surface area (Å²) in [4.78, 5) is 12.2. The Kier molecular flexibility index (Phi) is 5.60. The van der Waals surface area contributed by atoms with Gasteiger partial charge in [0.2, 0.25) is 5.91 Å². The van der Waals surface area contributed by atoms with E-state index < -0.39 is 36.4 Å². The molecule has 0 bridgehead atoms. The standard InChI is InChI=1S/C14H19NO5S/c1-8(17)15-11-13(19)12(18)10(7-16)20-14(11)21-9-5-3-2-4-6-9/h2-6,10-14,16,18-19H,7H2,1H3,(H,15,17)/t10-,11-,12-,13-,14-/m1/s1. The first kappa shape index (κ1) is 16.3. The molecule has 0 aromatic heterocycles. The van der Waals surface area contributed by atoms with Gasteiger partial charge in [-0.25, -0.2) is 0 Å². The molecule has 1 fully saturated rings. The van der Waals surface area contributed by atoms with Gasteiger partial charge in [-0.2, -0.15) is 0 Å². The molecular formula is C14H19NO5S. The van der Waals surface area contributed by atoms with Crippen LogP contribution in [0.25, 0.3) is 0 Å². The van der Waals surface area contributed by atoms with E-state index in [-0.39, 0.29) is 5.91 Å². The smallest absolute Gasteiger partial charge is 0.217 e. The predicted molar refractivity (Wildman–Crippen MR) is 77.7 cm³/mol. The van der Waals surface area contributed by atoms with Gasteiger partial charge >= 0.3 is 0 Å². The summed E-state index contributed by atoms with van der Waals surface area (Å²) in [5.41, 5.74) is -0.605. The van der Waals surface area contributed by atoms with Crippen LogP contribution >= 0.6 is 11.8 Å². The zero-order valence-electron chi connectivity index (χ0n) is 11.5. The van der Waals surface area contributed by atoms with Crippen molar-refractivity contribution in [1.82, 2.24) is 5.32 Å². The number of nitrogens with one attached hydrogen (secondary N) is 1. The molecule has 116 valence electrons. The molecule has 6 nitrogen and oxygen atoms in total. The van der Waals surface area contributed by atoms with Crippen LogP contribution in [0.3, 0.4) is 0 Å². The van der Waals surface area contributed by atoms with Gasteiger partial charge in [0.05, 0.1) is 12.6 Å². The van der Waals surface area contributed by atoms with Crippen molar-refractivity contribution in [1.29, 1.82) is 0 Å². The van der Waals surface area contributed by atoms with Crippen LogP contribution in [0.2, 0.25) is 0 Å². The number of aliphatic hydroxyl groups excluding tert-OH is 3. The van der Waals surface area contributed by atoms with E-state index in [9.17, 15) is 20.1 Å². The molecule has 0 saturated carbocycles. The van der Waals surface area contributed by atoms with Crippen molar-refractivity contribution in [3.05, 3.63) is 30.3 Å². The lowest BCUT2D eigenvalue weighted by molar-refractivity contribution is -0.173. The maximum atomic E-state index is 11.3. The quantitative estimate of drug-likeness (QED) is 0.610. The van der Waals surface area contributed by atoms with Gasteiger partial charge in [-0.1, -0.05) is 30.0 Å². The lowest BCUT2D eigenvalue weighted by Crippen LogP contribution is -2.63. The number of ether oxygens (including phenoxy) is 1. The molecule has 21 heavy (non-hydrogen) atoms. The van der Waals surface area contributed by atoms with Gasteiger partial charge in [-0.15, -0.1) is 0 Å². The molecule has 1 saturated heterocycles. The van der Waals surface area contributed by atoms with E-state index in [1.165, 1.54) is 18.7 Å². The summed E-state index contributed by atoms with van der Waals surface area (Å²) in [6.07, 6.45) is -3.34. The topological polar surface area (TPSA) is 99.0 Å². The summed E-state index contributed by atoms with van der Waals surface area (Å²) in [6, 6.07) is 8.62. The van der Waals surface area contributed by atoms with Crippen molar-refractivity contribution in [3.63, 3.8) is 0 Å². The van der Waals surface area contributed by atoms with E-state index in [2.05, 4.69) is 5.32 Å². The monoisotopic (exact) mass is 313 g/mol. The lowest BCUT2D eigenvalue weighted by Gasteiger charge is -2.42.